The van der Waals surface area contributed by atoms with E-state index in [1.165, 1.54) is 6.07 Å². The van der Waals surface area contributed by atoms with Crippen molar-refractivity contribution < 1.29 is 32.2 Å². The monoisotopic (exact) mass is 380 g/mol. The van der Waals surface area contributed by atoms with Gasteiger partial charge in [0.25, 0.3) is 5.91 Å². The summed E-state index contributed by atoms with van der Waals surface area (Å²) in [5.74, 6) is -4.54. The molecule has 0 aliphatic carbocycles. The normalized spacial score (nSPS) is 12.0. The Hall–Kier alpha value is -3.23. The topological polar surface area (TPSA) is 67.9 Å². The second-order valence-corrected chi connectivity index (χ2v) is 5.69. The maximum atomic E-state index is 13.9. The second kappa shape index (κ2) is 7.56. The van der Waals surface area contributed by atoms with Gasteiger partial charge in [-0.3, -0.25) is 9.59 Å². The van der Waals surface area contributed by atoms with Gasteiger partial charge in [0.1, 0.15) is 0 Å². The fraction of sp³-hybridized carbons (Fsp3) is 0.222. The van der Waals surface area contributed by atoms with Crippen molar-refractivity contribution in [3.05, 3.63) is 53.3 Å². The average Bonchev–Trinajstić information content (AvgIpc) is 3.11. The fourth-order valence-corrected chi connectivity index (χ4v) is 2.59. The highest BCUT2D eigenvalue weighted by atomic mass is 19.2. The Kier molecular flexibility index (Phi) is 5.20. The number of anilines is 1. The molecule has 27 heavy (non-hydrogen) atoms. The lowest BCUT2D eigenvalue weighted by Crippen LogP contribution is -2.38. The molecule has 2 amide bonds. The minimum atomic E-state index is -1.66. The van der Waals surface area contributed by atoms with Crippen molar-refractivity contribution in [3.8, 4) is 11.5 Å². The number of nitrogens with zero attached hydrogens (tertiary/aromatic N) is 1. The molecule has 0 unspecified atom stereocenters. The van der Waals surface area contributed by atoms with E-state index in [1.54, 1.807) is 12.1 Å². The molecule has 142 valence electrons. The molecule has 0 radical (unpaired) electrons. The molecular formula is C18H15F3N2O4. The lowest BCUT2D eigenvalue weighted by molar-refractivity contribution is -0.116. The Balaban J connectivity index is 1.66. The van der Waals surface area contributed by atoms with E-state index >= 15 is 0 Å². The van der Waals surface area contributed by atoms with E-state index in [9.17, 15) is 22.8 Å². The van der Waals surface area contributed by atoms with Crippen LogP contribution >= 0.6 is 0 Å². The van der Waals surface area contributed by atoms with Gasteiger partial charge in [-0.25, -0.2) is 13.2 Å². The summed E-state index contributed by atoms with van der Waals surface area (Å²) in [6, 6.07) is 6.34. The van der Waals surface area contributed by atoms with Gasteiger partial charge < -0.3 is 19.7 Å². The van der Waals surface area contributed by atoms with E-state index in [-0.39, 0.29) is 19.9 Å². The van der Waals surface area contributed by atoms with Gasteiger partial charge in [0.15, 0.2) is 29.0 Å². The quantitative estimate of drug-likeness (QED) is 0.810. The zero-order valence-electron chi connectivity index (χ0n) is 14.2. The first-order chi connectivity index (χ1) is 12.9. The smallest absolute Gasteiger partial charge is 0.251 e. The molecule has 0 fully saturated rings. The lowest BCUT2D eigenvalue weighted by atomic mass is 10.2. The first kappa shape index (κ1) is 18.6. The molecule has 0 spiro atoms. The standard InChI is InChI=1S/C18H15F3N2O4/c1-10(24)23(13-4-3-12(19)16(20)17(13)21)7-6-22-18(25)11-2-5-14-15(8-11)27-9-26-14/h2-5,8H,6-7,9H2,1H3,(H,22,25). The summed E-state index contributed by atoms with van der Waals surface area (Å²) >= 11 is 0. The summed E-state index contributed by atoms with van der Waals surface area (Å²) in [7, 11) is 0. The van der Waals surface area contributed by atoms with Gasteiger partial charge in [-0.2, -0.15) is 0 Å². The molecular weight excluding hydrogens is 365 g/mol. The van der Waals surface area contributed by atoms with Crippen LogP contribution in [-0.4, -0.2) is 31.7 Å². The number of benzene rings is 2. The summed E-state index contributed by atoms with van der Waals surface area (Å²) in [5.41, 5.74) is -0.0913. The van der Waals surface area contributed by atoms with Gasteiger partial charge in [-0.1, -0.05) is 0 Å². The largest absolute Gasteiger partial charge is 0.454 e. The molecule has 2 aromatic rings. The molecule has 3 rings (SSSR count). The van der Waals surface area contributed by atoms with E-state index < -0.39 is 35.0 Å². The molecule has 0 saturated carbocycles. The minimum Gasteiger partial charge on any atom is -0.454 e. The Bertz CT molecular complexity index is 904. The van der Waals surface area contributed by atoms with Gasteiger partial charge in [0.05, 0.1) is 5.69 Å². The number of rotatable bonds is 5. The predicted octanol–water partition coefficient (Wildman–Crippen LogP) is 2.62. The molecule has 0 aromatic heterocycles. The van der Waals surface area contributed by atoms with Crippen molar-refractivity contribution in [3.63, 3.8) is 0 Å². The third-order valence-electron chi connectivity index (χ3n) is 3.94. The number of ether oxygens (including phenoxy) is 2. The Morgan fingerprint density at radius 1 is 1.07 bits per heavy atom. The summed E-state index contributed by atoms with van der Waals surface area (Å²) in [6.45, 7) is 1.06. The summed E-state index contributed by atoms with van der Waals surface area (Å²) in [5, 5.41) is 2.57. The van der Waals surface area contributed by atoms with Crippen molar-refractivity contribution in [2.24, 2.45) is 0 Å². The van der Waals surface area contributed by atoms with Crippen LogP contribution in [0.3, 0.4) is 0 Å². The van der Waals surface area contributed by atoms with Crippen molar-refractivity contribution in [1.29, 1.82) is 0 Å². The van der Waals surface area contributed by atoms with Crippen molar-refractivity contribution in [1.82, 2.24) is 5.32 Å². The highest BCUT2D eigenvalue weighted by Crippen LogP contribution is 2.32. The van der Waals surface area contributed by atoms with Crippen molar-refractivity contribution in [2.45, 2.75) is 6.92 Å². The molecule has 1 heterocycles. The van der Waals surface area contributed by atoms with Crippen LogP contribution in [0.15, 0.2) is 30.3 Å². The summed E-state index contributed by atoms with van der Waals surface area (Å²) in [6.07, 6.45) is 0. The number of hydrogen-bond donors (Lipinski definition) is 1. The van der Waals surface area contributed by atoms with Crippen LogP contribution < -0.4 is 19.7 Å². The number of halogens is 3. The zero-order chi connectivity index (χ0) is 19.6. The van der Waals surface area contributed by atoms with Crippen molar-refractivity contribution in [2.75, 3.05) is 24.8 Å². The Labute approximate surface area is 152 Å². The Morgan fingerprint density at radius 3 is 2.56 bits per heavy atom. The molecule has 0 bridgehead atoms. The van der Waals surface area contributed by atoms with E-state index in [2.05, 4.69) is 5.32 Å². The van der Waals surface area contributed by atoms with E-state index in [0.29, 0.717) is 17.1 Å². The van der Waals surface area contributed by atoms with Gasteiger partial charge >= 0.3 is 0 Å². The lowest BCUT2D eigenvalue weighted by Gasteiger charge is -2.22. The molecule has 0 atom stereocenters. The zero-order valence-corrected chi connectivity index (χ0v) is 14.2. The van der Waals surface area contributed by atoms with Crippen LogP contribution in [0.25, 0.3) is 0 Å². The van der Waals surface area contributed by atoms with Crippen LogP contribution in [0, 0.1) is 17.5 Å². The first-order valence-electron chi connectivity index (χ1n) is 7.98. The third-order valence-corrected chi connectivity index (χ3v) is 3.94. The van der Waals surface area contributed by atoms with Crippen LogP contribution in [0.5, 0.6) is 11.5 Å². The maximum Gasteiger partial charge on any atom is 0.251 e. The third kappa shape index (κ3) is 3.81. The first-order valence-corrected chi connectivity index (χ1v) is 7.98. The second-order valence-electron chi connectivity index (χ2n) is 5.69. The molecule has 6 nitrogen and oxygen atoms in total. The van der Waals surface area contributed by atoms with Gasteiger partial charge in [0, 0.05) is 25.6 Å². The van der Waals surface area contributed by atoms with Crippen molar-refractivity contribution >= 4 is 17.5 Å². The van der Waals surface area contributed by atoms with Gasteiger partial charge in [-0.05, 0) is 30.3 Å². The molecule has 0 saturated heterocycles. The van der Waals surface area contributed by atoms with Crippen LogP contribution in [0.2, 0.25) is 0 Å². The number of carbonyl (C=O) groups is 2. The molecule has 2 aromatic carbocycles. The van der Waals surface area contributed by atoms with Crippen LogP contribution in [0.4, 0.5) is 18.9 Å². The maximum absolute atomic E-state index is 13.9. The van der Waals surface area contributed by atoms with Crippen LogP contribution in [0.1, 0.15) is 17.3 Å². The number of carbonyl (C=O) groups excluding carboxylic acids is 2. The Morgan fingerprint density at radius 2 is 1.81 bits per heavy atom. The van der Waals surface area contributed by atoms with E-state index in [1.807, 2.05) is 0 Å². The summed E-state index contributed by atoms with van der Waals surface area (Å²) in [4.78, 5) is 24.9. The fourth-order valence-electron chi connectivity index (χ4n) is 2.59. The number of amides is 2. The molecule has 1 aliphatic rings. The predicted molar refractivity (Wildman–Crippen MR) is 89.2 cm³/mol. The highest BCUT2D eigenvalue weighted by molar-refractivity contribution is 5.95. The summed E-state index contributed by atoms with van der Waals surface area (Å²) < 4.78 is 50.8. The van der Waals surface area contributed by atoms with Crippen LogP contribution in [-0.2, 0) is 4.79 Å². The number of fused-ring (bicyclic) bond motifs is 1. The number of nitrogens with one attached hydrogen (secondary N) is 1. The average molecular weight is 380 g/mol. The van der Waals surface area contributed by atoms with Gasteiger partial charge in [-0.15, -0.1) is 0 Å². The SMILES string of the molecule is CC(=O)N(CCNC(=O)c1ccc2c(c1)OCO2)c1ccc(F)c(F)c1F. The highest BCUT2D eigenvalue weighted by Gasteiger charge is 2.21. The minimum absolute atomic E-state index is 0.0364. The molecule has 1 aliphatic heterocycles. The van der Waals surface area contributed by atoms with E-state index in [0.717, 1.165) is 24.0 Å². The number of hydrogen-bond acceptors (Lipinski definition) is 4. The molecule has 1 N–H and O–H groups in total. The van der Waals surface area contributed by atoms with E-state index in [4.69, 9.17) is 9.47 Å². The molecule has 9 heteroatoms. The van der Waals surface area contributed by atoms with Gasteiger partial charge in [0.2, 0.25) is 12.7 Å².